The summed E-state index contributed by atoms with van der Waals surface area (Å²) in [5.41, 5.74) is 2.39. The maximum absolute atomic E-state index is 13.3. The van der Waals surface area contributed by atoms with Crippen molar-refractivity contribution in [3.05, 3.63) is 35.1 Å². The molecule has 0 bridgehead atoms. The average Bonchev–Trinajstić information content (AvgIpc) is 2.43. The van der Waals surface area contributed by atoms with Gasteiger partial charge in [-0.15, -0.1) is 0 Å². The van der Waals surface area contributed by atoms with Crippen molar-refractivity contribution >= 4 is 0 Å². The summed E-state index contributed by atoms with van der Waals surface area (Å²) in [5.74, 6) is -0.152. The molecule has 0 heterocycles. The zero-order valence-corrected chi connectivity index (χ0v) is 14.5. The predicted octanol–water partition coefficient (Wildman–Crippen LogP) is 3.78. The molecule has 21 heavy (non-hydrogen) atoms. The van der Waals surface area contributed by atoms with E-state index in [2.05, 4.69) is 45.1 Å². The summed E-state index contributed by atoms with van der Waals surface area (Å²) in [6.07, 6.45) is 3.11. The minimum atomic E-state index is -0.152. The van der Waals surface area contributed by atoms with Gasteiger partial charge in [-0.3, -0.25) is 0 Å². The molecule has 0 amide bonds. The van der Waals surface area contributed by atoms with Crippen LogP contribution in [0.2, 0.25) is 0 Å². The lowest BCUT2D eigenvalue weighted by molar-refractivity contribution is 0.0888. The summed E-state index contributed by atoms with van der Waals surface area (Å²) in [5, 5.41) is 3.66. The van der Waals surface area contributed by atoms with Gasteiger partial charge in [0.25, 0.3) is 0 Å². The van der Waals surface area contributed by atoms with Crippen LogP contribution in [0.3, 0.4) is 0 Å². The van der Waals surface area contributed by atoms with E-state index in [0.29, 0.717) is 6.04 Å². The van der Waals surface area contributed by atoms with Crippen LogP contribution in [0.25, 0.3) is 0 Å². The first-order valence-corrected chi connectivity index (χ1v) is 8.07. The van der Waals surface area contributed by atoms with Crippen LogP contribution < -0.4 is 5.32 Å². The van der Waals surface area contributed by atoms with E-state index >= 15 is 0 Å². The molecule has 1 rings (SSSR count). The van der Waals surface area contributed by atoms with E-state index in [1.807, 2.05) is 13.0 Å². The summed E-state index contributed by atoms with van der Waals surface area (Å²) in [6, 6.07) is 5.49. The van der Waals surface area contributed by atoms with E-state index in [1.54, 1.807) is 12.1 Å². The third-order valence-electron chi connectivity index (χ3n) is 4.94. The van der Waals surface area contributed by atoms with Crippen molar-refractivity contribution in [2.75, 3.05) is 20.6 Å². The van der Waals surface area contributed by atoms with Crippen LogP contribution in [0.15, 0.2) is 18.2 Å². The zero-order valence-electron chi connectivity index (χ0n) is 14.5. The first kappa shape index (κ1) is 18.1. The van der Waals surface area contributed by atoms with Crippen LogP contribution in [0.4, 0.5) is 4.39 Å². The lowest BCUT2D eigenvalue weighted by Crippen LogP contribution is -2.59. The Morgan fingerprint density at radius 1 is 1.19 bits per heavy atom. The normalized spacial score (nSPS) is 13.7. The number of nitrogens with zero attached hydrogens (tertiary/aromatic N) is 1. The number of hydrogen-bond donors (Lipinski definition) is 1. The smallest absolute Gasteiger partial charge is 0.123 e. The first-order chi connectivity index (χ1) is 9.91. The van der Waals surface area contributed by atoms with Crippen molar-refractivity contribution in [2.45, 2.75) is 58.5 Å². The van der Waals surface area contributed by atoms with Gasteiger partial charge >= 0.3 is 0 Å². The number of benzene rings is 1. The molecule has 2 nitrogen and oxygen atoms in total. The molecule has 0 aliphatic carbocycles. The molecule has 0 radical (unpaired) electrons. The lowest BCUT2D eigenvalue weighted by atomic mass is 9.79. The maximum atomic E-state index is 13.3. The van der Waals surface area contributed by atoms with Crippen molar-refractivity contribution in [1.82, 2.24) is 10.2 Å². The number of aryl methyl sites for hydroxylation is 1. The van der Waals surface area contributed by atoms with Crippen molar-refractivity contribution in [1.29, 1.82) is 0 Å². The van der Waals surface area contributed by atoms with Crippen LogP contribution in [0.5, 0.6) is 0 Å². The van der Waals surface area contributed by atoms with Crippen molar-refractivity contribution in [3.63, 3.8) is 0 Å². The van der Waals surface area contributed by atoms with Crippen LogP contribution in [0.1, 0.15) is 44.7 Å². The van der Waals surface area contributed by atoms with Gasteiger partial charge in [-0.25, -0.2) is 4.39 Å². The van der Waals surface area contributed by atoms with Crippen LogP contribution in [0, 0.1) is 12.7 Å². The van der Waals surface area contributed by atoms with Gasteiger partial charge < -0.3 is 10.2 Å². The molecular weight excluding hydrogens is 263 g/mol. The van der Waals surface area contributed by atoms with Gasteiger partial charge in [-0.1, -0.05) is 26.8 Å². The Hall–Kier alpha value is -0.930. The molecule has 3 heteroatoms. The Morgan fingerprint density at radius 3 is 2.24 bits per heavy atom. The minimum absolute atomic E-state index is 0.122. The second-order valence-corrected chi connectivity index (χ2v) is 6.09. The third-order valence-corrected chi connectivity index (χ3v) is 4.94. The molecule has 1 unspecified atom stereocenters. The Labute approximate surface area is 129 Å². The van der Waals surface area contributed by atoms with Gasteiger partial charge in [0, 0.05) is 11.6 Å². The molecule has 120 valence electrons. The third kappa shape index (κ3) is 4.04. The highest BCUT2D eigenvalue weighted by atomic mass is 19.1. The van der Waals surface area contributed by atoms with E-state index in [-0.39, 0.29) is 11.4 Å². The van der Waals surface area contributed by atoms with Gasteiger partial charge in [-0.2, -0.15) is 0 Å². The van der Waals surface area contributed by atoms with Gasteiger partial charge in [0.2, 0.25) is 0 Å². The lowest BCUT2D eigenvalue weighted by Gasteiger charge is -2.46. The molecular formula is C18H31FN2. The van der Waals surface area contributed by atoms with E-state index < -0.39 is 0 Å². The number of rotatable bonds is 8. The molecule has 0 aromatic heterocycles. The van der Waals surface area contributed by atoms with Gasteiger partial charge in [0.05, 0.1) is 0 Å². The molecule has 0 fully saturated rings. The highest BCUT2D eigenvalue weighted by molar-refractivity contribution is 5.28. The van der Waals surface area contributed by atoms with Gasteiger partial charge in [-0.05, 0) is 70.1 Å². The molecule has 1 aromatic rings. The Morgan fingerprint density at radius 2 is 1.81 bits per heavy atom. The highest BCUT2D eigenvalue weighted by Crippen LogP contribution is 2.29. The molecule has 0 saturated heterocycles. The number of likely N-dealkylation sites (N-methyl/N-ethyl adjacent to an activating group) is 2. The largest absolute Gasteiger partial charge is 0.312 e. The van der Waals surface area contributed by atoms with Crippen LogP contribution in [-0.2, 0) is 6.42 Å². The predicted molar refractivity (Wildman–Crippen MR) is 89.3 cm³/mol. The van der Waals surface area contributed by atoms with Gasteiger partial charge in [0.1, 0.15) is 5.82 Å². The van der Waals surface area contributed by atoms with E-state index in [1.165, 1.54) is 5.56 Å². The van der Waals surface area contributed by atoms with Crippen molar-refractivity contribution in [3.8, 4) is 0 Å². The Kier molecular flexibility index (Phi) is 6.82. The summed E-state index contributed by atoms with van der Waals surface area (Å²) in [7, 11) is 4.32. The number of halogens is 1. The Balaban J connectivity index is 3.10. The van der Waals surface area contributed by atoms with Crippen molar-refractivity contribution < 1.29 is 4.39 Å². The first-order valence-electron chi connectivity index (χ1n) is 8.07. The number of nitrogens with one attached hydrogen (secondary N) is 1. The standard InChI is InChI=1S/C18H31FN2/c1-7-18(8-2,21(5)6)17(20-9-3)13-15-10-11-16(19)12-14(15)4/h10-12,17,20H,7-9,13H2,1-6H3. The fraction of sp³-hybridized carbons (Fsp3) is 0.667. The second kappa shape index (κ2) is 7.90. The molecule has 0 spiro atoms. The maximum Gasteiger partial charge on any atom is 0.123 e. The van der Waals surface area contributed by atoms with E-state index in [9.17, 15) is 4.39 Å². The summed E-state index contributed by atoms with van der Waals surface area (Å²) in [4.78, 5) is 2.35. The fourth-order valence-electron chi connectivity index (χ4n) is 3.49. The molecule has 1 atom stereocenters. The SMILES string of the molecule is CCNC(Cc1ccc(F)cc1C)C(CC)(CC)N(C)C. The summed E-state index contributed by atoms with van der Waals surface area (Å²) < 4.78 is 13.3. The monoisotopic (exact) mass is 294 g/mol. The fourth-order valence-corrected chi connectivity index (χ4v) is 3.49. The molecule has 0 aliphatic rings. The van der Waals surface area contributed by atoms with E-state index in [4.69, 9.17) is 0 Å². The second-order valence-electron chi connectivity index (χ2n) is 6.09. The topological polar surface area (TPSA) is 15.3 Å². The Bertz CT molecular complexity index is 439. The zero-order chi connectivity index (χ0) is 16.0. The number of hydrogen-bond acceptors (Lipinski definition) is 2. The highest BCUT2D eigenvalue weighted by Gasteiger charge is 2.37. The molecule has 1 aromatic carbocycles. The van der Waals surface area contributed by atoms with E-state index in [0.717, 1.165) is 31.4 Å². The van der Waals surface area contributed by atoms with Crippen molar-refractivity contribution in [2.24, 2.45) is 0 Å². The molecule has 0 saturated carbocycles. The summed E-state index contributed by atoms with van der Waals surface area (Å²) >= 11 is 0. The average molecular weight is 294 g/mol. The minimum Gasteiger partial charge on any atom is -0.312 e. The summed E-state index contributed by atoms with van der Waals surface area (Å²) in [6.45, 7) is 9.60. The quantitative estimate of drug-likeness (QED) is 0.785. The van der Waals surface area contributed by atoms with Crippen LogP contribution in [-0.4, -0.2) is 37.1 Å². The van der Waals surface area contributed by atoms with Gasteiger partial charge in [0.15, 0.2) is 0 Å². The molecule has 0 aliphatic heterocycles. The molecule has 1 N–H and O–H groups in total. The van der Waals surface area contributed by atoms with Crippen LogP contribution >= 0.6 is 0 Å².